The maximum absolute atomic E-state index is 14.4. The Morgan fingerprint density at radius 1 is 1.03 bits per heavy atom. The quantitative estimate of drug-likeness (QED) is 0.639. The number of benzene rings is 2. The first-order valence-corrected chi connectivity index (χ1v) is 9.69. The van der Waals surface area contributed by atoms with Crippen LogP contribution in [0.3, 0.4) is 0 Å². The van der Waals surface area contributed by atoms with Gasteiger partial charge in [0.2, 0.25) is 5.91 Å². The molecule has 0 unspecified atom stereocenters. The van der Waals surface area contributed by atoms with Crippen LogP contribution in [0.25, 0.3) is 10.9 Å². The fourth-order valence-corrected chi connectivity index (χ4v) is 3.76. The van der Waals surface area contributed by atoms with Crippen LogP contribution >= 0.6 is 0 Å². The van der Waals surface area contributed by atoms with Crippen molar-refractivity contribution >= 4 is 28.3 Å². The predicted octanol–water partition coefficient (Wildman–Crippen LogP) is 3.47. The van der Waals surface area contributed by atoms with Crippen LogP contribution in [0.2, 0.25) is 0 Å². The summed E-state index contributed by atoms with van der Waals surface area (Å²) in [7, 11) is 0. The van der Waals surface area contributed by atoms with Crippen LogP contribution in [0.15, 0.2) is 54.7 Å². The molecule has 1 saturated heterocycles. The molecule has 1 aliphatic heterocycles. The van der Waals surface area contributed by atoms with E-state index in [9.17, 15) is 14.0 Å². The van der Waals surface area contributed by atoms with Crippen molar-refractivity contribution < 1.29 is 14.0 Å². The van der Waals surface area contributed by atoms with Gasteiger partial charge in [-0.15, -0.1) is 0 Å². The van der Waals surface area contributed by atoms with Crippen LogP contribution in [-0.2, 0) is 11.2 Å². The minimum Gasteiger partial charge on any atom is -0.366 e. The average Bonchev–Trinajstić information content (AvgIpc) is 2.74. The average molecular weight is 391 g/mol. The normalized spacial score (nSPS) is 14.3. The summed E-state index contributed by atoms with van der Waals surface area (Å²) in [5, 5.41) is 1.02. The summed E-state index contributed by atoms with van der Waals surface area (Å²) in [6, 6.07) is 14.3. The Morgan fingerprint density at radius 3 is 2.52 bits per heavy atom. The smallest absolute Gasteiger partial charge is 0.227 e. The summed E-state index contributed by atoms with van der Waals surface area (Å²) in [6.45, 7) is 3.59. The van der Waals surface area contributed by atoms with Gasteiger partial charge in [-0.2, -0.15) is 0 Å². The number of carbonyl (C=O) groups is 2. The maximum Gasteiger partial charge on any atom is 0.227 e. The van der Waals surface area contributed by atoms with Crippen LogP contribution in [-0.4, -0.2) is 47.8 Å². The second-order valence-electron chi connectivity index (χ2n) is 7.26. The lowest BCUT2D eigenvalue weighted by atomic mass is 10.1. The Balaban J connectivity index is 1.42. The van der Waals surface area contributed by atoms with E-state index < -0.39 is 5.82 Å². The van der Waals surface area contributed by atoms with Crippen LogP contribution in [0.5, 0.6) is 0 Å². The fraction of sp³-hybridized carbons (Fsp3) is 0.261. The second kappa shape index (κ2) is 7.99. The van der Waals surface area contributed by atoms with Crippen molar-refractivity contribution in [3.05, 3.63) is 71.7 Å². The first-order chi connectivity index (χ1) is 14.0. The number of pyridine rings is 1. The van der Waals surface area contributed by atoms with Gasteiger partial charge in [0.05, 0.1) is 17.6 Å². The van der Waals surface area contributed by atoms with Gasteiger partial charge in [-0.3, -0.25) is 14.6 Å². The summed E-state index contributed by atoms with van der Waals surface area (Å²) in [6.07, 6.45) is 2.04. The summed E-state index contributed by atoms with van der Waals surface area (Å²) in [5.41, 5.74) is 2.61. The minimum atomic E-state index is -0.403. The van der Waals surface area contributed by atoms with Gasteiger partial charge in [0.15, 0.2) is 5.78 Å². The highest BCUT2D eigenvalue weighted by molar-refractivity contribution is 5.94. The van der Waals surface area contributed by atoms with E-state index in [2.05, 4.69) is 4.98 Å². The number of nitrogens with zero attached hydrogens (tertiary/aromatic N) is 3. The Hall–Kier alpha value is -3.28. The molecule has 1 aromatic heterocycles. The predicted molar refractivity (Wildman–Crippen MR) is 111 cm³/mol. The number of Topliss-reactive ketones (excluding diaryl/α,β-unsaturated/α-hetero) is 1. The van der Waals surface area contributed by atoms with E-state index in [1.807, 2.05) is 40.1 Å². The van der Waals surface area contributed by atoms with E-state index in [4.69, 9.17) is 0 Å². The highest BCUT2D eigenvalue weighted by atomic mass is 19.1. The number of halogens is 1. The number of anilines is 1. The van der Waals surface area contributed by atoms with E-state index in [1.54, 1.807) is 18.3 Å². The van der Waals surface area contributed by atoms with E-state index >= 15 is 0 Å². The van der Waals surface area contributed by atoms with Gasteiger partial charge in [-0.1, -0.05) is 24.3 Å². The summed E-state index contributed by atoms with van der Waals surface area (Å²) in [5.74, 6) is -0.511. The van der Waals surface area contributed by atoms with Gasteiger partial charge in [0.1, 0.15) is 5.82 Å². The van der Waals surface area contributed by atoms with Crippen molar-refractivity contribution in [2.75, 3.05) is 31.1 Å². The fourth-order valence-electron chi connectivity index (χ4n) is 3.76. The molecule has 0 atom stereocenters. The molecule has 1 aliphatic rings. The van der Waals surface area contributed by atoms with Crippen molar-refractivity contribution in [1.82, 2.24) is 9.88 Å². The van der Waals surface area contributed by atoms with E-state index in [1.165, 1.54) is 13.0 Å². The van der Waals surface area contributed by atoms with Crippen LogP contribution in [0.4, 0.5) is 10.1 Å². The number of rotatable bonds is 4. The van der Waals surface area contributed by atoms with Crippen molar-refractivity contribution in [2.24, 2.45) is 0 Å². The van der Waals surface area contributed by atoms with E-state index in [0.29, 0.717) is 43.9 Å². The first kappa shape index (κ1) is 19.1. The molecule has 4 rings (SSSR count). The number of piperazine rings is 1. The number of para-hydroxylation sites is 1. The van der Waals surface area contributed by atoms with E-state index in [0.717, 1.165) is 16.5 Å². The maximum atomic E-state index is 14.4. The van der Waals surface area contributed by atoms with Gasteiger partial charge >= 0.3 is 0 Å². The SMILES string of the molecule is CC(=O)c1ccc(N2CCN(C(=O)Cc3cccc4cccnc34)CC2)c(F)c1. The summed E-state index contributed by atoms with van der Waals surface area (Å²) in [4.78, 5) is 32.4. The number of hydrogen-bond acceptors (Lipinski definition) is 4. The zero-order valence-corrected chi connectivity index (χ0v) is 16.3. The molecule has 0 saturated carbocycles. The number of aromatic nitrogens is 1. The molecular weight excluding hydrogens is 369 g/mol. The Bertz CT molecular complexity index is 1070. The molecule has 2 aromatic carbocycles. The molecule has 0 spiro atoms. The number of fused-ring (bicyclic) bond motifs is 1. The third kappa shape index (κ3) is 3.97. The Morgan fingerprint density at radius 2 is 1.79 bits per heavy atom. The zero-order chi connectivity index (χ0) is 20.4. The highest BCUT2D eigenvalue weighted by Crippen LogP contribution is 2.23. The lowest BCUT2D eigenvalue weighted by Crippen LogP contribution is -2.49. The van der Waals surface area contributed by atoms with Gasteiger partial charge in [0, 0.05) is 43.3 Å². The molecule has 0 bridgehead atoms. The van der Waals surface area contributed by atoms with Crippen molar-refractivity contribution in [3.63, 3.8) is 0 Å². The monoisotopic (exact) mass is 391 g/mol. The molecule has 2 heterocycles. The van der Waals surface area contributed by atoms with E-state index in [-0.39, 0.29) is 11.7 Å². The molecule has 148 valence electrons. The first-order valence-electron chi connectivity index (χ1n) is 9.69. The lowest BCUT2D eigenvalue weighted by Gasteiger charge is -2.36. The molecule has 1 amide bonds. The van der Waals surface area contributed by atoms with Gasteiger partial charge < -0.3 is 9.80 Å². The molecule has 3 aromatic rings. The van der Waals surface area contributed by atoms with Crippen molar-refractivity contribution in [3.8, 4) is 0 Å². The standard InChI is InChI=1S/C23H22FN3O2/c1-16(28)18-7-8-21(20(24)14-18)26-10-12-27(13-11-26)22(29)15-19-5-2-4-17-6-3-9-25-23(17)19/h2-9,14H,10-13,15H2,1H3. The number of amides is 1. The summed E-state index contributed by atoms with van der Waals surface area (Å²) >= 11 is 0. The topological polar surface area (TPSA) is 53.5 Å². The van der Waals surface area contributed by atoms with Crippen LogP contribution in [0.1, 0.15) is 22.8 Å². The molecule has 0 radical (unpaired) electrons. The van der Waals surface area contributed by atoms with Crippen molar-refractivity contribution in [2.45, 2.75) is 13.3 Å². The Kier molecular flexibility index (Phi) is 5.25. The van der Waals surface area contributed by atoms with Gasteiger partial charge in [0.25, 0.3) is 0 Å². The number of ketones is 1. The third-order valence-electron chi connectivity index (χ3n) is 5.39. The molecular formula is C23H22FN3O2. The highest BCUT2D eigenvalue weighted by Gasteiger charge is 2.23. The largest absolute Gasteiger partial charge is 0.366 e. The molecule has 29 heavy (non-hydrogen) atoms. The minimum absolute atomic E-state index is 0.0511. The lowest BCUT2D eigenvalue weighted by molar-refractivity contribution is -0.130. The molecule has 5 nitrogen and oxygen atoms in total. The van der Waals surface area contributed by atoms with Gasteiger partial charge in [-0.05, 0) is 36.8 Å². The van der Waals surface area contributed by atoms with Crippen LogP contribution < -0.4 is 4.90 Å². The molecule has 0 aliphatic carbocycles. The number of hydrogen-bond donors (Lipinski definition) is 0. The second-order valence-corrected chi connectivity index (χ2v) is 7.26. The van der Waals surface area contributed by atoms with Gasteiger partial charge in [-0.25, -0.2) is 4.39 Å². The summed E-state index contributed by atoms with van der Waals surface area (Å²) < 4.78 is 14.4. The zero-order valence-electron chi connectivity index (χ0n) is 16.3. The van der Waals surface area contributed by atoms with Crippen molar-refractivity contribution in [1.29, 1.82) is 0 Å². The molecule has 1 fully saturated rings. The van der Waals surface area contributed by atoms with Crippen LogP contribution in [0, 0.1) is 5.82 Å². The third-order valence-corrected chi connectivity index (χ3v) is 5.39. The molecule has 0 N–H and O–H groups in total. The number of carbonyl (C=O) groups excluding carboxylic acids is 2. The Labute approximate surface area is 168 Å². The molecule has 6 heteroatoms.